The van der Waals surface area contributed by atoms with Crippen LogP contribution in [0.1, 0.15) is 311 Å². The summed E-state index contributed by atoms with van der Waals surface area (Å²) in [6.45, 7) is 11.4. The highest BCUT2D eigenvalue weighted by atomic mass is 16.6. The number of hydrogen-bond acceptors (Lipinski definition) is 6. The molecular formula is C56H108O6. The Morgan fingerprint density at radius 2 is 0.613 bits per heavy atom. The fraction of sp³-hybridized carbons (Fsp3) is 0.946. The number of carbonyl (C=O) groups excluding carboxylic acids is 3. The zero-order valence-electron chi connectivity index (χ0n) is 42.5. The Bertz CT molecular complexity index is 949. The molecule has 0 aliphatic rings. The second kappa shape index (κ2) is 48.9. The summed E-state index contributed by atoms with van der Waals surface area (Å²) in [5.74, 6) is 0.869. The first-order valence-electron chi connectivity index (χ1n) is 27.8. The molecule has 6 nitrogen and oxygen atoms in total. The van der Waals surface area contributed by atoms with Gasteiger partial charge in [0.05, 0.1) is 0 Å². The lowest BCUT2D eigenvalue weighted by Crippen LogP contribution is -2.30. The number of rotatable bonds is 50. The van der Waals surface area contributed by atoms with Gasteiger partial charge in [-0.3, -0.25) is 14.4 Å². The average Bonchev–Trinajstić information content (AvgIpc) is 3.26. The molecule has 0 N–H and O–H groups in total. The minimum atomic E-state index is -0.762. The van der Waals surface area contributed by atoms with Crippen LogP contribution in [0.2, 0.25) is 0 Å². The van der Waals surface area contributed by atoms with Crippen molar-refractivity contribution in [3.63, 3.8) is 0 Å². The fourth-order valence-corrected chi connectivity index (χ4v) is 8.49. The summed E-state index contributed by atoms with van der Waals surface area (Å²) in [7, 11) is 0. The summed E-state index contributed by atoms with van der Waals surface area (Å²) in [6, 6.07) is 0. The smallest absolute Gasteiger partial charge is 0.306 e. The molecule has 0 amide bonds. The van der Waals surface area contributed by atoms with Gasteiger partial charge >= 0.3 is 17.9 Å². The van der Waals surface area contributed by atoms with E-state index < -0.39 is 6.10 Å². The molecule has 0 saturated heterocycles. The van der Waals surface area contributed by atoms with E-state index in [1.165, 1.54) is 199 Å². The van der Waals surface area contributed by atoms with E-state index in [1.807, 2.05) is 0 Å². The lowest BCUT2D eigenvalue weighted by atomic mass is 9.99. The summed E-state index contributed by atoms with van der Waals surface area (Å²) >= 11 is 0. The van der Waals surface area contributed by atoms with Crippen LogP contribution < -0.4 is 0 Å². The third kappa shape index (κ3) is 47.9. The second-order valence-corrected chi connectivity index (χ2v) is 19.9. The van der Waals surface area contributed by atoms with E-state index in [0.717, 1.165) is 69.6 Å². The fourth-order valence-electron chi connectivity index (χ4n) is 8.49. The van der Waals surface area contributed by atoms with E-state index in [9.17, 15) is 14.4 Å². The van der Waals surface area contributed by atoms with Crippen LogP contribution >= 0.6 is 0 Å². The van der Waals surface area contributed by atoms with Gasteiger partial charge in [-0.1, -0.05) is 272 Å². The number of esters is 3. The number of unbranched alkanes of at least 4 members (excludes halogenated alkanes) is 34. The van der Waals surface area contributed by atoms with Crippen molar-refractivity contribution in [2.75, 3.05) is 13.2 Å². The van der Waals surface area contributed by atoms with Crippen LogP contribution in [-0.4, -0.2) is 37.2 Å². The monoisotopic (exact) mass is 877 g/mol. The Balaban J connectivity index is 4.28. The first-order chi connectivity index (χ1) is 30.3. The van der Waals surface area contributed by atoms with E-state index in [0.29, 0.717) is 19.3 Å². The molecule has 1 unspecified atom stereocenters. The summed E-state index contributed by atoms with van der Waals surface area (Å²) in [5.41, 5.74) is 0. The van der Waals surface area contributed by atoms with Gasteiger partial charge in [0.1, 0.15) is 13.2 Å². The summed E-state index contributed by atoms with van der Waals surface area (Å²) in [6.07, 6.45) is 50.8. The van der Waals surface area contributed by atoms with E-state index in [1.54, 1.807) is 0 Å². The highest BCUT2D eigenvalue weighted by molar-refractivity contribution is 5.71. The molecule has 0 aromatic heterocycles. The summed E-state index contributed by atoms with van der Waals surface area (Å²) in [4.78, 5) is 38.0. The molecule has 0 fully saturated rings. The molecule has 6 heteroatoms. The molecular weight excluding hydrogens is 769 g/mol. The molecule has 0 saturated carbocycles. The Morgan fingerprint density at radius 1 is 0.339 bits per heavy atom. The summed E-state index contributed by atoms with van der Waals surface area (Å²) in [5, 5.41) is 0. The van der Waals surface area contributed by atoms with Gasteiger partial charge in [0.2, 0.25) is 0 Å². The van der Waals surface area contributed by atoms with Crippen molar-refractivity contribution in [2.45, 2.75) is 317 Å². The Hall–Kier alpha value is -1.59. The minimum Gasteiger partial charge on any atom is -0.462 e. The molecule has 0 spiro atoms. The van der Waals surface area contributed by atoms with Crippen molar-refractivity contribution in [1.29, 1.82) is 0 Å². The first-order valence-corrected chi connectivity index (χ1v) is 27.8. The Kier molecular flexibility index (Phi) is 47.6. The van der Waals surface area contributed by atoms with Crippen molar-refractivity contribution in [2.24, 2.45) is 11.8 Å². The van der Waals surface area contributed by atoms with Crippen LogP contribution in [0.25, 0.3) is 0 Å². The maximum atomic E-state index is 12.8. The minimum absolute atomic E-state index is 0.0632. The van der Waals surface area contributed by atoms with Crippen LogP contribution in [0.5, 0.6) is 0 Å². The van der Waals surface area contributed by atoms with E-state index in [2.05, 4.69) is 34.6 Å². The van der Waals surface area contributed by atoms with Gasteiger partial charge in [0.25, 0.3) is 0 Å². The lowest BCUT2D eigenvalue weighted by molar-refractivity contribution is -0.167. The molecule has 0 heterocycles. The first kappa shape index (κ1) is 60.4. The van der Waals surface area contributed by atoms with Gasteiger partial charge in [-0.05, 0) is 31.1 Å². The second-order valence-electron chi connectivity index (χ2n) is 19.9. The average molecular weight is 877 g/mol. The molecule has 0 bridgehead atoms. The quantitative estimate of drug-likeness (QED) is 0.0344. The van der Waals surface area contributed by atoms with Crippen molar-refractivity contribution < 1.29 is 28.6 Å². The molecule has 0 aromatic rings. The number of carbonyl (C=O) groups is 3. The molecule has 0 rings (SSSR count). The van der Waals surface area contributed by atoms with Crippen LogP contribution in [0, 0.1) is 11.8 Å². The molecule has 0 aliphatic carbocycles. The number of hydrogen-bond donors (Lipinski definition) is 0. The molecule has 0 aliphatic heterocycles. The zero-order valence-corrected chi connectivity index (χ0v) is 42.5. The number of ether oxygens (including phenoxy) is 3. The molecule has 62 heavy (non-hydrogen) atoms. The van der Waals surface area contributed by atoms with Crippen LogP contribution in [-0.2, 0) is 28.6 Å². The third-order valence-corrected chi connectivity index (χ3v) is 13.1. The highest BCUT2D eigenvalue weighted by Crippen LogP contribution is 2.18. The van der Waals surface area contributed by atoms with Gasteiger partial charge in [-0.25, -0.2) is 0 Å². The Labute approximate surface area is 387 Å². The standard InChI is InChI=1S/C56H108O6/c1-6-8-9-10-11-12-13-16-20-26-31-36-41-46-54(57)60-49-53(62-56(59)48-43-38-33-28-23-22-24-29-34-39-44-51(3)4)50-61-55(58)47-42-37-32-27-21-18-15-14-17-19-25-30-35-40-45-52(5)7-2/h51-53H,6-50H2,1-5H3/t52?,53-/m0/s1. The zero-order chi connectivity index (χ0) is 45.4. The molecule has 0 radical (unpaired) electrons. The molecule has 0 aromatic carbocycles. The van der Waals surface area contributed by atoms with Gasteiger partial charge in [-0.2, -0.15) is 0 Å². The molecule has 368 valence electrons. The van der Waals surface area contributed by atoms with E-state index in [-0.39, 0.29) is 31.1 Å². The highest BCUT2D eigenvalue weighted by Gasteiger charge is 2.19. The maximum Gasteiger partial charge on any atom is 0.306 e. The van der Waals surface area contributed by atoms with Gasteiger partial charge in [-0.15, -0.1) is 0 Å². The van der Waals surface area contributed by atoms with Crippen molar-refractivity contribution in [1.82, 2.24) is 0 Å². The van der Waals surface area contributed by atoms with Gasteiger partial charge in [0, 0.05) is 19.3 Å². The van der Waals surface area contributed by atoms with Gasteiger partial charge in [0.15, 0.2) is 6.10 Å². The van der Waals surface area contributed by atoms with Crippen molar-refractivity contribution in [3.8, 4) is 0 Å². The topological polar surface area (TPSA) is 78.9 Å². The predicted molar refractivity (Wildman–Crippen MR) is 266 cm³/mol. The Morgan fingerprint density at radius 3 is 0.919 bits per heavy atom. The molecule has 2 atom stereocenters. The van der Waals surface area contributed by atoms with Crippen molar-refractivity contribution >= 4 is 17.9 Å². The van der Waals surface area contributed by atoms with Crippen LogP contribution in [0.3, 0.4) is 0 Å². The maximum absolute atomic E-state index is 12.8. The summed E-state index contributed by atoms with van der Waals surface area (Å²) < 4.78 is 16.9. The van der Waals surface area contributed by atoms with E-state index >= 15 is 0 Å². The SMILES string of the molecule is CCCCCCCCCCCCCCCC(=O)OC[C@@H](COC(=O)CCCCCCCCCCCCCCCCC(C)CC)OC(=O)CCCCCCCCCCCCC(C)C. The predicted octanol–water partition coefficient (Wildman–Crippen LogP) is 18.1. The van der Waals surface area contributed by atoms with Gasteiger partial charge < -0.3 is 14.2 Å². The lowest BCUT2D eigenvalue weighted by Gasteiger charge is -2.18. The third-order valence-electron chi connectivity index (χ3n) is 13.1. The normalized spacial score (nSPS) is 12.5. The largest absolute Gasteiger partial charge is 0.462 e. The van der Waals surface area contributed by atoms with E-state index in [4.69, 9.17) is 14.2 Å². The van der Waals surface area contributed by atoms with Crippen LogP contribution in [0.4, 0.5) is 0 Å². The van der Waals surface area contributed by atoms with Crippen LogP contribution in [0.15, 0.2) is 0 Å². The van der Waals surface area contributed by atoms with Crippen molar-refractivity contribution in [3.05, 3.63) is 0 Å².